The largest absolute Gasteiger partial charge is 0.489 e. The minimum Gasteiger partial charge on any atom is -0.489 e. The number of nitrogens with one attached hydrogen (secondary N) is 1. The van der Waals surface area contributed by atoms with E-state index in [1.54, 1.807) is 6.07 Å². The van der Waals surface area contributed by atoms with Crippen molar-refractivity contribution >= 4 is 11.6 Å². The highest BCUT2D eigenvalue weighted by Crippen LogP contribution is 2.30. The third-order valence-electron chi connectivity index (χ3n) is 4.37. The summed E-state index contributed by atoms with van der Waals surface area (Å²) in [5, 5.41) is 2.82. The van der Waals surface area contributed by atoms with Crippen LogP contribution in [0.2, 0.25) is 0 Å². The summed E-state index contributed by atoms with van der Waals surface area (Å²) >= 11 is 0. The number of hydrogen-bond donors (Lipinski definition) is 1. The Morgan fingerprint density at radius 2 is 2.09 bits per heavy atom. The van der Waals surface area contributed by atoms with E-state index in [4.69, 9.17) is 9.47 Å². The van der Waals surface area contributed by atoms with Crippen molar-refractivity contribution in [1.82, 2.24) is 0 Å². The lowest BCUT2D eigenvalue weighted by molar-refractivity contribution is -0.119. The Morgan fingerprint density at radius 3 is 2.82 bits per heavy atom. The third-order valence-corrected chi connectivity index (χ3v) is 4.37. The molecule has 1 aromatic carbocycles. The molecule has 22 heavy (non-hydrogen) atoms. The minimum atomic E-state index is -0.383. The van der Waals surface area contributed by atoms with Crippen molar-refractivity contribution < 1.29 is 18.7 Å². The molecule has 0 unspecified atom stereocenters. The standard InChI is InChI=1S/C17H22FNO3/c18-13-7-8-16(22-11-14-6-3-9-21-14)15(10-13)19-17(20)12-4-1-2-5-12/h7-8,10,12,14H,1-6,9,11H2,(H,19,20)/t14-/m0/s1. The van der Waals surface area contributed by atoms with Crippen LogP contribution in [-0.4, -0.2) is 25.2 Å². The van der Waals surface area contributed by atoms with Crippen molar-refractivity contribution in [3.63, 3.8) is 0 Å². The van der Waals surface area contributed by atoms with Gasteiger partial charge in [0.25, 0.3) is 0 Å². The van der Waals surface area contributed by atoms with Crippen LogP contribution < -0.4 is 10.1 Å². The van der Waals surface area contributed by atoms with Crippen molar-refractivity contribution in [2.45, 2.75) is 44.6 Å². The molecule has 2 fully saturated rings. The van der Waals surface area contributed by atoms with Crippen molar-refractivity contribution in [3.05, 3.63) is 24.0 Å². The maximum absolute atomic E-state index is 13.5. The minimum absolute atomic E-state index is 0.0364. The number of carbonyl (C=O) groups is 1. The summed E-state index contributed by atoms with van der Waals surface area (Å²) in [5.41, 5.74) is 0.412. The normalized spacial score (nSPS) is 22.0. The zero-order valence-electron chi connectivity index (χ0n) is 12.6. The van der Waals surface area contributed by atoms with Gasteiger partial charge in [-0.3, -0.25) is 4.79 Å². The highest BCUT2D eigenvalue weighted by atomic mass is 19.1. The number of hydrogen-bond acceptors (Lipinski definition) is 3. The fourth-order valence-electron chi connectivity index (χ4n) is 3.11. The van der Waals surface area contributed by atoms with Gasteiger partial charge < -0.3 is 14.8 Å². The monoisotopic (exact) mass is 307 g/mol. The first-order valence-corrected chi connectivity index (χ1v) is 8.07. The molecule has 5 heteroatoms. The van der Waals surface area contributed by atoms with Crippen molar-refractivity contribution in [2.24, 2.45) is 5.92 Å². The van der Waals surface area contributed by atoms with Crippen LogP contribution in [0.5, 0.6) is 5.75 Å². The van der Waals surface area contributed by atoms with Crippen molar-refractivity contribution in [1.29, 1.82) is 0 Å². The van der Waals surface area contributed by atoms with Gasteiger partial charge in [-0.05, 0) is 37.8 Å². The fraction of sp³-hybridized carbons (Fsp3) is 0.588. The highest BCUT2D eigenvalue weighted by molar-refractivity contribution is 5.94. The lowest BCUT2D eigenvalue weighted by Gasteiger charge is -2.16. The van der Waals surface area contributed by atoms with Gasteiger partial charge in [0.1, 0.15) is 18.2 Å². The van der Waals surface area contributed by atoms with Crippen LogP contribution >= 0.6 is 0 Å². The van der Waals surface area contributed by atoms with Crippen LogP contribution in [0.15, 0.2) is 18.2 Å². The second-order valence-corrected chi connectivity index (χ2v) is 6.06. The molecule has 1 aliphatic carbocycles. The van der Waals surface area contributed by atoms with Gasteiger partial charge in [0.2, 0.25) is 5.91 Å². The van der Waals surface area contributed by atoms with Crippen LogP contribution in [0.25, 0.3) is 0 Å². The first-order valence-electron chi connectivity index (χ1n) is 8.07. The molecule has 0 spiro atoms. The summed E-state index contributed by atoms with van der Waals surface area (Å²) in [6.07, 6.45) is 6.10. The van der Waals surface area contributed by atoms with E-state index in [1.807, 2.05) is 0 Å². The Kier molecular flexibility index (Phi) is 4.93. The van der Waals surface area contributed by atoms with Gasteiger partial charge >= 0.3 is 0 Å². The maximum Gasteiger partial charge on any atom is 0.227 e. The van der Waals surface area contributed by atoms with E-state index in [9.17, 15) is 9.18 Å². The first-order chi connectivity index (χ1) is 10.7. The Labute approximate surface area is 130 Å². The molecule has 2 aliphatic rings. The van der Waals surface area contributed by atoms with Crippen molar-refractivity contribution in [2.75, 3.05) is 18.5 Å². The average Bonchev–Trinajstić information content (AvgIpc) is 3.20. The number of ether oxygens (including phenoxy) is 2. The molecule has 1 N–H and O–H groups in total. The van der Waals surface area contributed by atoms with Gasteiger partial charge in [-0.15, -0.1) is 0 Å². The summed E-state index contributed by atoms with van der Waals surface area (Å²) in [6, 6.07) is 4.22. The van der Waals surface area contributed by atoms with Crippen molar-refractivity contribution in [3.8, 4) is 5.75 Å². The zero-order valence-corrected chi connectivity index (χ0v) is 12.6. The molecule has 1 heterocycles. The Bertz CT molecular complexity index is 523. The van der Waals surface area contributed by atoms with Crippen LogP contribution in [-0.2, 0) is 9.53 Å². The van der Waals surface area contributed by atoms with Gasteiger partial charge in [-0.25, -0.2) is 4.39 Å². The molecule has 120 valence electrons. The molecular weight excluding hydrogens is 285 g/mol. The molecule has 1 aliphatic heterocycles. The van der Waals surface area contributed by atoms with Crippen LogP contribution in [0, 0.1) is 11.7 Å². The number of benzene rings is 1. The van der Waals surface area contributed by atoms with E-state index in [0.29, 0.717) is 18.0 Å². The highest BCUT2D eigenvalue weighted by Gasteiger charge is 2.24. The molecular formula is C17H22FNO3. The summed E-state index contributed by atoms with van der Waals surface area (Å²) < 4.78 is 24.7. The number of halogens is 1. The van der Waals surface area contributed by atoms with Gasteiger partial charge in [0, 0.05) is 18.6 Å². The number of amides is 1. The van der Waals surface area contributed by atoms with Crippen LogP contribution in [0.3, 0.4) is 0 Å². The maximum atomic E-state index is 13.5. The predicted molar refractivity (Wildman–Crippen MR) is 81.5 cm³/mol. The molecule has 1 amide bonds. The molecule has 1 saturated carbocycles. The topological polar surface area (TPSA) is 47.6 Å². The second-order valence-electron chi connectivity index (χ2n) is 6.06. The molecule has 1 saturated heterocycles. The number of rotatable bonds is 5. The number of carbonyl (C=O) groups excluding carboxylic acids is 1. The molecule has 1 aromatic rings. The Balaban J connectivity index is 1.65. The quantitative estimate of drug-likeness (QED) is 0.905. The average molecular weight is 307 g/mol. The number of anilines is 1. The van der Waals surface area contributed by atoms with E-state index >= 15 is 0 Å². The molecule has 1 atom stereocenters. The Hall–Kier alpha value is -1.62. The molecule has 4 nitrogen and oxygen atoms in total. The third kappa shape index (κ3) is 3.77. The first kappa shape index (κ1) is 15.3. The van der Waals surface area contributed by atoms with Gasteiger partial charge in [0.05, 0.1) is 11.8 Å². The molecule has 0 bridgehead atoms. The van der Waals surface area contributed by atoms with Gasteiger partial charge in [-0.1, -0.05) is 12.8 Å². The van der Waals surface area contributed by atoms with E-state index in [2.05, 4.69) is 5.32 Å². The van der Waals surface area contributed by atoms with Gasteiger partial charge in [-0.2, -0.15) is 0 Å². The SMILES string of the molecule is O=C(Nc1cc(F)ccc1OC[C@@H]1CCCO1)C1CCCC1. The van der Waals surface area contributed by atoms with E-state index in [0.717, 1.165) is 45.1 Å². The zero-order chi connectivity index (χ0) is 15.4. The van der Waals surface area contributed by atoms with Gasteiger partial charge in [0.15, 0.2) is 0 Å². The Morgan fingerprint density at radius 1 is 1.27 bits per heavy atom. The smallest absolute Gasteiger partial charge is 0.227 e. The molecule has 0 radical (unpaired) electrons. The van der Waals surface area contributed by atoms with E-state index in [-0.39, 0.29) is 23.7 Å². The summed E-state index contributed by atoms with van der Waals surface area (Å²) in [6.45, 7) is 1.20. The predicted octanol–water partition coefficient (Wildman–Crippen LogP) is 3.51. The van der Waals surface area contributed by atoms with Crippen LogP contribution in [0.4, 0.5) is 10.1 Å². The second kappa shape index (κ2) is 7.09. The van der Waals surface area contributed by atoms with E-state index in [1.165, 1.54) is 12.1 Å². The summed E-state index contributed by atoms with van der Waals surface area (Å²) in [4.78, 5) is 12.2. The summed E-state index contributed by atoms with van der Waals surface area (Å²) in [5.74, 6) is 0.119. The lowest BCUT2D eigenvalue weighted by Crippen LogP contribution is -2.22. The lowest BCUT2D eigenvalue weighted by atomic mass is 10.1. The fourth-order valence-corrected chi connectivity index (χ4v) is 3.11. The van der Waals surface area contributed by atoms with E-state index < -0.39 is 0 Å². The summed E-state index contributed by atoms with van der Waals surface area (Å²) in [7, 11) is 0. The molecule has 0 aromatic heterocycles. The van der Waals surface area contributed by atoms with Crippen LogP contribution in [0.1, 0.15) is 38.5 Å². The molecule has 3 rings (SSSR count).